The van der Waals surface area contributed by atoms with Crippen molar-refractivity contribution in [3.63, 3.8) is 0 Å². The highest BCUT2D eigenvalue weighted by Crippen LogP contribution is 2.65. The summed E-state index contributed by atoms with van der Waals surface area (Å²) >= 11 is 0. The maximum absolute atomic E-state index is 13.4. The van der Waals surface area contributed by atoms with E-state index in [0.29, 0.717) is 24.9 Å². The molecule has 2 heterocycles. The number of carboxylic acids is 2. The molecule has 14 heteroatoms. The Hall–Kier alpha value is -4.17. The lowest BCUT2D eigenvalue weighted by atomic mass is 9.50. The third-order valence-electron chi connectivity index (χ3n) is 8.82. The molecule has 1 fully saturated rings. The number of aromatic hydroxyl groups is 1. The van der Waals surface area contributed by atoms with Gasteiger partial charge in [0.2, 0.25) is 12.2 Å². The van der Waals surface area contributed by atoms with E-state index in [4.69, 9.17) is 24.1 Å². The summed E-state index contributed by atoms with van der Waals surface area (Å²) < 4.78 is 21.7. The molecule has 0 amide bonds. The fourth-order valence-corrected chi connectivity index (χ4v) is 6.85. The van der Waals surface area contributed by atoms with Crippen molar-refractivity contribution >= 4 is 29.8 Å². The van der Waals surface area contributed by atoms with Gasteiger partial charge in [-0.25, -0.2) is 9.59 Å². The highest BCUT2D eigenvalue weighted by atomic mass is 16.6. The minimum absolute atomic E-state index is 0.0347. The number of aliphatic hydroxyl groups is 1. The lowest BCUT2D eigenvalue weighted by Gasteiger charge is -2.61. The number of hydrogen-bond donors (Lipinski definition) is 4. The van der Waals surface area contributed by atoms with Crippen molar-refractivity contribution in [2.45, 2.75) is 74.9 Å². The summed E-state index contributed by atoms with van der Waals surface area (Å²) in [5, 5.41) is 41.0. The number of aliphatic carboxylic acids is 2. The number of likely N-dealkylation sites (N-methyl/N-ethyl adjacent to an activating group) is 1. The van der Waals surface area contributed by atoms with Crippen LogP contribution in [0.1, 0.15) is 44.2 Å². The van der Waals surface area contributed by atoms with Crippen molar-refractivity contribution in [3.05, 3.63) is 35.1 Å². The standard InChI is InChI=1S/C28H31NO13/c1-12(21(39-13(2)30)26(37)41-17(24(34)35)11-19(32)33)25(36)40-16-6-7-28(38)18-10-14-4-5-15(31)22-20(14)27(28,23(16)42-22)8-9-29(18)3/h4-6,12,17-18,21,23,31,38H,7-11H2,1-3H3,(H,32,33)(H,34,35)/t12-,17+,18-,21-,23+,27+,28-/m1/s1. The van der Waals surface area contributed by atoms with E-state index >= 15 is 0 Å². The number of rotatable bonds is 9. The van der Waals surface area contributed by atoms with Crippen molar-refractivity contribution in [2.24, 2.45) is 5.92 Å². The van der Waals surface area contributed by atoms with E-state index in [1.807, 2.05) is 7.05 Å². The van der Waals surface area contributed by atoms with Gasteiger partial charge in [-0.2, -0.15) is 0 Å². The first-order chi connectivity index (χ1) is 19.7. The maximum atomic E-state index is 13.4. The van der Waals surface area contributed by atoms with Crippen molar-refractivity contribution in [1.29, 1.82) is 0 Å². The summed E-state index contributed by atoms with van der Waals surface area (Å²) in [5.74, 6) is -8.19. The number of ether oxygens (including phenoxy) is 4. The summed E-state index contributed by atoms with van der Waals surface area (Å²) in [6, 6.07) is 3.04. The average Bonchev–Trinajstić information content (AvgIpc) is 3.27. The molecule has 7 atom stereocenters. The Morgan fingerprint density at radius 1 is 1.14 bits per heavy atom. The van der Waals surface area contributed by atoms with Gasteiger partial charge in [-0.05, 0) is 51.1 Å². The van der Waals surface area contributed by atoms with Crippen LogP contribution >= 0.6 is 0 Å². The molecule has 1 saturated heterocycles. The van der Waals surface area contributed by atoms with Gasteiger partial charge in [0.1, 0.15) is 11.7 Å². The summed E-state index contributed by atoms with van der Waals surface area (Å²) in [5.41, 5.74) is -0.773. The van der Waals surface area contributed by atoms with E-state index in [-0.39, 0.29) is 29.7 Å². The molecule has 1 aromatic carbocycles. The summed E-state index contributed by atoms with van der Waals surface area (Å²) in [7, 11) is 1.92. The van der Waals surface area contributed by atoms with Crippen LogP contribution < -0.4 is 4.74 Å². The number of likely N-dealkylation sites (tertiary alicyclic amines) is 1. The van der Waals surface area contributed by atoms with Gasteiger partial charge in [0, 0.05) is 24.9 Å². The van der Waals surface area contributed by atoms with E-state index in [9.17, 15) is 39.3 Å². The van der Waals surface area contributed by atoms with Crippen LogP contribution in [0.5, 0.6) is 11.5 Å². The van der Waals surface area contributed by atoms with Crippen LogP contribution in [0.2, 0.25) is 0 Å². The highest BCUT2D eigenvalue weighted by molar-refractivity contribution is 5.88. The van der Waals surface area contributed by atoms with Crippen molar-refractivity contribution in [2.75, 3.05) is 13.6 Å². The normalized spacial score (nSPS) is 29.1. The van der Waals surface area contributed by atoms with Crippen molar-refractivity contribution in [3.8, 4) is 11.5 Å². The Kier molecular flexibility index (Phi) is 7.18. The van der Waals surface area contributed by atoms with Crippen molar-refractivity contribution < 1.29 is 63.3 Å². The molecular weight excluding hydrogens is 558 g/mol. The number of hydrogen-bond acceptors (Lipinski definition) is 12. The Morgan fingerprint density at radius 2 is 1.86 bits per heavy atom. The number of carbonyl (C=O) groups is 5. The van der Waals surface area contributed by atoms with Crippen LogP contribution in [0.4, 0.5) is 0 Å². The third-order valence-corrected chi connectivity index (χ3v) is 8.82. The molecular formula is C28H31NO13. The van der Waals surface area contributed by atoms with Gasteiger partial charge in [-0.3, -0.25) is 14.4 Å². The number of phenolic OH excluding ortho intramolecular Hbond substituents is 1. The summed E-state index contributed by atoms with van der Waals surface area (Å²) in [6.45, 7) is 2.75. The zero-order valence-corrected chi connectivity index (χ0v) is 23.1. The minimum atomic E-state index is -2.09. The molecule has 14 nitrogen and oxygen atoms in total. The lowest BCUT2D eigenvalue weighted by Crippen LogP contribution is -2.74. The fraction of sp³-hybridized carbons (Fsp3) is 0.536. The molecule has 226 valence electrons. The van der Waals surface area contributed by atoms with E-state index in [2.05, 4.69) is 4.90 Å². The number of phenols is 1. The molecule has 2 aliphatic heterocycles. The third kappa shape index (κ3) is 4.36. The van der Waals surface area contributed by atoms with E-state index in [1.54, 1.807) is 6.07 Å². The number of carbonyl (C=O) groups excluding carboxylic acids is 3. The van der Waals surface area contributed by atoms with Gasteiger partial charge in [0.05, 0.1) is 17.4 Å². The van der Waals surface area contributed by atoms with Crippen LogP contribution in [0.25, 0.3) is 0 Å². The second-order valence-electron chi connectivity index (χ2n) is 11.2. The summed E-state index contributed by atoms with van der Waals surface area (Å²) in [6.07, 6.45) is -3.53. The number of piperidine rings is 1. The Morgan fingerprint density at radius 3 is 2.50 bits per heavy atom. The largest absolute Gasteiger partial charge is 0.504 e. The zero-order chi connectivity index (χ0) is 30.7. The molecule has 2 bridgehead atoms. The van der Waals surface area contributed by atoms with Crippen LogP contribution in [-0.2, 0) is 50.0 Å². The maximum Gasteiger partial charge on any atom is 0.349 e. The van der Waals surface area contributed by atoms with Gasteiger partial charge >= 0.3 is 29.8 Å². The first-order valence-electron chi connectivity index (χ1n) is 13.4. The number of benzene rings is 1. The molecule has 42 heavy (non-hydrogen) atoms. The van der Waals surface area contributed by atoms with Crippen LogP contribution in [-0.4, -0.2) is 98.7 Å². The topological polar surface area (TPSA) is 206 Å². The van der Waals surface area contributed by atoms with Crippen molar-refractivity contribution in [1.82, 2.24) is 4.90 Å². The predicted molar refractivity (Wildman–Crippen MR) is 137 cm³/mol. The molecule has 1 aromatic rings. The highest BCUT2D eigenvalue weighted by Gasteiger charge is 2.72. The minimum Gasteiger partial charge on any atom is -0.504 e. The van der Waals surface area contributed by atoms with Gasteiger partial charge in [0.25, 0.3) is 0 Å². The van der Waals surface area contributed by atoms with E-state index in [1.165, 1.54) is 19.1 Å². The molecule has 0 radical (unpaired) electrons. The van der Waals surface area contributed by atoms with Gasteiger partial charge < -0.3 is 44.3 Å². The quantitative estimate of drug-likeness (QED) is 0.225. The molecule has 2 aliphatic carbocycles. The lowest BCUT2D eigenvalue weighted by molar-refractivity contribution is -0.185. The predicted octanol–water partition coefficient (Wildman–Crippen LogP) is 0.252. The van der Waals surface area contributed by atoms with Gasteiger partial charge in [-0.15, -0.1) is 0 Å². The zero-order valence-electron chi connectivity index (χ0n) is 23.1. The first-order valence-corrected chi connectivity index (χ1v) is 13.4. The van der Waals surface area contributed by atoms with Crippen LogP contribution in [0.15, 0.2) is 24.0 Å². The van der Waals surface area contributed by atoms with Crippen LogP contribution in [0, 0.1) is 5.92 Å². The fourth-order valence-electron chi connectivity index (χ4n) is 6.85. The van der Waals surface area contributed by atoms with Crippen LogP contribution in [0.3, 0.4) is 0 Å². The SMILES string of the molecule is CC(=O)O[C@@H](C(=O)O[C@@H](CC(=O)O)C(=O)O)[C@@H](C)C(=O)OC1=CC[C@@]2(O)[C@H]3Cc4ccc(O)c5c4[C@@]2(CCN3C)[C@H]1O5. The molecule has 5 rings (SSSR count). The van der Waals surface area contributed by atoms with Gasteiger partial charge in [0.15, 0.2) is 17.6 Å². The molecule has 0 unspecified atom stereocenters. The Balaban J connectivity index is 1.43. The first kappa shape index (κ1) is 29.3. The second-order valence-corrected chi connectivity index (χ2v) is 11.2. The molecule has 0 saturated carbocycles. The average molecular weight is 590 g/mol. The number of carboxylic acid groups (broad SMARTS) is 2. The smallest absolute Gasteiger partial charge is 0.349 e. The summed E-state index contributed by atoms with van der Waals surface area (Å²) in [4.78, 5) is 62.4. The number of esters is 3. The second kappa shape index (κ2) is 10.3. The molecule has 1 spiro atoms. The monoisotopic (exact) mass is 589 g/mol. The molecule has 4 N–H and O–H groups in total. The number of nitrogens with zero attached hydrogens (tertiary/aromatic N) is 1. The molecule has 4 aliphatic rings. The van der Waals surface area contributed by atoms with E-state index in [0.717, 1.165) is 12.5 Å². The Bertz CT molecular complexity index is 1400. The molecule has 0 aromatic heterocycles. The van der Waals surface area contributed by atoms with E-state index < -0.39 is 71.5 Å². The van der Waals surface area contributed by atoms with Gasteiger partial charge in [-0.1, -0.05) is 6.07 Å². The Labute approximate surface area is 239 Å².